The van der Waals surface area contributed by atoms with E-state index in [1.54, 1.807) is 19.2 Å². The molecule has 0 bridgehead atoms. The van der Waals surface area contributed by atoms with Gasteiger partial charge in [0.1, 0.15) is 0 Å². The topological polar surface area (TPSA) is 55.4 Å². The quantitative estimate of drug-likeness (QED) is 0.943. The van der Waals surface area contributed by atoms with Crippen LogP contribution in [0.4, 0.5) is 5.69 Å². The fraction of sp³-hybridized carbons (Fsp3) is 0.250. The molecule has 2 aromatic carbocycles. The molecular formula is C16H17NO3S. The molecule has 4 nitrogen and oxygen atoms in total. The van der Waals surface area contributed by atoms with E-state index in [2.05, 4.69) is 5.32 Å². The van der Waals surface area contributed by atoms with Gasteiger partial charge in [-0.3, -0.25) is 0 Å². The number of sulfone groups is 1. The van der Waals surface area contributed by atoms with Gasteiger partial charge in [-0.05, 0) is 29.3 Å². The highest BCUT2D eigenvalue weighted by Crippen LogP contribution is 2.35. The summed E-state index contributed by atoms with van der Waals surface area (Å²) < 4.78 is 29.4. The van der Waals surface area contributed by atoms with Gasteiger partial charge >= 0.3 is 0 Å². The summed E-state index contributed by atoms with van der Waals surface area (Å²) in [6.45, 7) is 0.537. The lowest BCUT2D eigenvalue weighted by Gasteiger charge is -2.15. The molecule has 3 rings (SSSR count). The van der Waals surface area contributed by atoms with E-state index in [0.717, 1.165) is 16.8 Å². The fourth-order valence-electron chi connectivity index (χ4n) is 2.69. The third-order valence-electron chi connectivity index (χ3n) is 3.59. The predicted octanol–water partition coefficient (Wildman–Crippen LogP) is 2.77. The monoisotopic (exact) mass is 303 g/mol. The molecule has 0 aliphatic carbocycles. The number of hydrogen-bond acceptors (Lipinski definition) is 4. The summed E-state index contributed by atoms with van der Waals surface area (Å²) in [6.07, 6.45) is 0. The van der Waals surface area contributed by atoms with Crippen molar-refractivity contribution in [2.24, 2.45) is 0 Å². The average molecular weight is 303 g/mol. The maximum atomic E-state index is 12.2. The molecule has 1 unspecified atom stereocenters. The van der Waals surface area contributed by atoms with Crippen LogP contribution in [-0.4, -0.2) is 21.3 Å². The van der Waals surface area contributed by atoms with E-state index in [0.29, 0.717) is 11.5 Å². The highest BCUT2D eigenvalue weighted by molar-refractivity contribution is 7.91. The minimum Gasteiger partial charge on any atom is -0.380 e. The van der Waals surface area contributed by atoms with Gasteiger partial charge in [-0.1, -0.05) is 30.3 Å². The summed E-state index contributed by atoms with van der Waals surface area (Å²) in [5.74, 6) is 0.0981. The van der Waals surface area contributed by atoms with E-state index >= 15 is 0 Å². The van der Waals surface area contributed by atoms with Crippen molar-refractivity contribution in [3.05, 3.63) is 59.7 Å². The number of methoxy groups -OCH3 is 1. The molecule has 1 N–H and O–H groups in total. The van der Waals surface area contributed by atoms with E-state index in [-0.39, 0.29) is 11.8 Å². The second-order valence-corrected chi connectivity index (χ2v) is 7.15. The average Bonchev–Trinajstić information content (AvgIpc) is 2.72. The zero-order valence-corrected chi connectivity index (χ0v) is 12.6. The zero-order chi connectivity index (χ0) is 14.9. The maximum Gasteiger partial charge on any atom is 0.181 e. The molecule has 0 saturated carbocycles. The van der Waals surface area contributed by atoms with Crippen LogP contribution >= 0.6 is 0 Å². The molecule has 21 heavy (non-hydrogen) atoms. The maximum absolute atomic E-state index is 12.2. The molecular weight excluding hydrogens is 286 g/mol. The minimum atomic E-state index is -3.18. The van der Waals surface area contributed by atoms with Crippen molar-refractivity contribution in [3.63, 3.8) is 0 Å². The van der Waals surface area contributed by atoms with Crippen molar-refractivity contribution in [2.75, 3.05) is 18.2 Å². The van der Waals surface area contributed by atoms with Crippen molar-refractivity contribution in [1.29, 1.82) is 0 Å². The van der Waals surface area contributed by atoms with Gasteiger partial charge in [0.25, 0.3) is 0 Å². The molecule has 0 saturated heterocycles. The summed E-state index contributed by atoms with van der Waals surface area (Å²) in [7, 11) is -1.53. The van der Waals surface area contributed by atoms with Crippen LogP contribution in [0.5, 0.6) is 0 Å². The van der Waals surface area contributed by atoms with Crippen LogP contribution in [0.2, 0.25) is 0 Å². The number of hydrogen-bond donors (Lipinski definition) is 1. The van der Waals surface area contributed by atoms with Crippen LogP contribution in [0.1, 0.15) is 17.2 Å². The highest BCUT2D eigenvalue weighted by Gasteiger charge is 2.34. The van der Waals surface area contributed by atoms with Gasteiger partial charge in [-0.2, -0.15) is 0 Å². The van der Waals surface area contributed by atoms with Crippen molar-refractivity contribution < 1.29 is 13.2 Å². The minimum absolute atomic E-state index is 0.0981. The van der Waals surface area contributed by atoms with Crippen molar-refractivity contribution in [1.82, 2.24) is 0 Å². The molecule has 1 aliphatic rings. The Balaban J connectivity index is 1.88. The second kappa shape index (κ2) is 5.50. The SMILES string of the molecule is COCc1cccc(NC2CS(=O)(=O)c3ccccc32)c1. The Morgan fingerprint density at radius 1 is 1.19 bits per heavy atom. The molecule has 0 radical (unpaired) electrons. The Kier molecular flexibility index (Phi) is 3.69. The Morgan fingerprint density at radius 3 is 2.81 bits per heavy atom. The van der Waals surface area contributed by atoms with Gasteiger partial charge in [0.2, 0.25) is 0 Å². The number of fused-ring (bicyclic) bond motifs is 1. The standard InChI is InChI=1S/C16H17NO3S/c1-20-10-12-5-4-6-13(9-12)17-15-11-21(18,19)16-8-3-2-7-14(15)16/h2-9,15,17H,10-11H2,1H3. The number of benzene rings is 2. The predicted molar refractivity (Wildman–Crippen MR) is 82.0 cm³/mol. The summed E-state index contributed by atoms with van der Waals surface area (Å²) >= 11 is 0. The molecule has 1 heterocycles. The van der Waals surface area contributed by atoms with E-state index in [9.17, 15) is 8.42 Å². The molecule has 2 aromatic rings. The van der Waals surface area contributed by atoms with Crippen LogP contribution in [0.15, 0.2) is 53.4 Å². The van der Waals surface area contributed by atoms with Crippen LogP contribution in [0, 0.1) is 0 Å². The van der Waals surface area contributed by atoms with Gasteiger partial charge < -0.3 is 10.1 Å². The van der Waals surface area contributed by atoms with Gasteiger partial charge in [0.05, 0.1) is 23.3 Å². The van der Waals surface area contributed by atoms with Gasteiger partial charge in [0.15, 0.2) is 9.84 Å². The Labute approximate surface area is 124 Å². The third kappa shape index (κ3) is 2.80. The largest absolute Gasteiger partial charge is 0.380 e. The van der Waals surface area contributed by atoms with Crippen LogP contribution in [0.3, 0.4) is 0 Å². The molecule has 5 heteroatoms. The van der Waals surface area contributed by atoms with Gasteiger partial charge in [0, 0.05) is 12.8 Å². The summed E-state index contributed by atoms with van der Waals surface area (Å²) in [5.41, 5.74) is 2.80. The van der Waals surface area contributed by atoms with E-state index in [1.165, 1.54) is 0 Å². The lowest BCUT2D eigenvalue weighted by molar-refractivity contribution is 0.185. The molecule has 0 amide bonds. The molecule has 1 atom stereocenters. The van der Waals surface area contributed by atoms with Crippen molar-refractivity contribution in [3.8, 4) is 0 Å². The van der Waals surface area contributed by atoms with Gasteiger partial charge in [-0.15, -0.1) is 0 Å². The molecule has 0 aromatic heterocycles. The van der Waals surface area contributed by atoms with Gasteiger partial charge in [-0.25, -0.2) is 8.42 Å². The first-order chi connectivity index (χ1) is 10.1. The van der Waals surface area contributed by atoms with Crippen LogP contribution < -0.4 is 5.32 Å². The van der Waals surface area contributed by atoms with Crippen molar-refractivity contribution in [2.45, 2.75) is 17.5 Å². The summed E-state index contributed by atoms with van der Waals surface area (Å²) in [5, 5.41) is 3.32. The van der Waals surface area contributed by atoms with E-state index in [1.807, 2.05) is 36.4 Å². The first-order valence-corrected chi connectivity index (χ1v) is 8.41. The number of nitrogens with one attached hydrogen (secondary N) is 1. The van der Waals surface area contributed by atoms with E-state index in [4.69, 9.17) is 4.74 Å². The van der Waals surface area contributed by atoms with Crippen LogP contribution in [0.25, 0.3) is 0 Å². The first-order valence-electron chi connectivity index (χ1n) is 6.76. The zero-order valence-electron chi connectivity index (χ0n) is 11.7. The molecule has 1 aliphatic heterocycles. The lowest BCUT2D eigenvalue weighted by Crippen LogP contribution is -2.13. The smallest absolute Gasteiger partial charge is 0.181 e. The second-order valence-electron chi connectivity index (χ2n) is 5.15. The number of rotatable bonds is 4. The van der Waals surface area contributed by atoms with Crippen molar-refractivity contribution >= 4 is 15.5 Å². The van der Waals surface area contributed by atoms with E-state index < -0.39 is 9.84 Å². The fourth-order valence-corrected chi connectivity index (χ4v) is 4.43. The Morgan fingerprint density at radius 2 is 2.00 bits per heavy atom. The highest BCUT2D eigenvalue weighted by atomic mass is 32.2. The molecule has 0 spiro atoms. The van der Waals surface area contributed by atoms with Crippen LogP contribution in [-0.2, 0) is 21.2 Å². The first kappa shape index (κ1) is 14.1. The number of anilines is 1. The third-order valence-corrected chi connectivity index (χ3v) is 5.41. The molecule has 110 valence electrons. The molecule has 0 fully saturated rings. The Bertz CT molecular complexity index is 756. The number of ether oxygens (including phenoxy) is 1. The normalized spacial score (nSPS) is 19.2. The summed E-state index contributed by atoms with van der Waals surface area (Å²) in [4.78, 5) is 0.440. The Hall–Kier alpha value is -1.85. The lowest BCUT2D eigenvalue weighted by atomic mass is 10.1. The summed E-state index contributed by atoms with van der Waals surface area (Å²) in [6, 6.07) is 14.8.